The lowest BCUT2D eigenvalue weighted by atomic mass is 10.4. The van der Waals surface area contributed by atoms with Crippen molar-refractivity contribution in [3.05, 3.63) is 0 Å². The fourth-order valence-corrected chi connectivity index (χ4v) is 1.28. The molecule has 74 valence electrons. The van der Waals surface area contributed by atoms with Crippen LogP contribution >= 0.6 is 11.1 Å². The normalized spacial score (nSPS) is 15.0. The van der Waals surface area contributed by atoms with Crippen molar-refractivity contribution in [2.24, 2.45) is 0 Å². The number of hydrogen-bond donors (Lipinski definition) is 0. The van der Waals surface area contributed by atoms with Gasteiger partial charge >= 0.3 is 6.18 Å². The van der Waals surface area contributed by atoms with Crippen molar-refractivity contribution in [3.63, 3.8) is 0 Å². The molecule has 0 rings (SSSR count). The molecule has 0 amide bonds. The molecule has 7 heteroatoms. The van der Waals surface area contributed by atoms with Gasteiger partial charge in [-0.1, -0.05) is 13.1 Å². The maximum Gasteiger partial charge on any atom is 0.394 e. The van der Waals surface area contributed by atoms with E-state index in [-0.39, 0.29) is 0 Å². The van der Waals surface area contributed by atoms with Crippen molar-refractivity contribution in [2.45, 2.75) is 31.2 Å². The molecule has 0 saturated heterocycles. The van der Waals surface area contributed by atoms with Gasteiger partial charge in [-0.3, -0.25) is 0 Å². The van der Waals surface area contributed by atoms with E-state index in [4.69, 9.17) is 11.1 Å². The summed E-state index contributed by atoms with van der Waals surface area (Å²) < 4.78 is 60.0. The SMILES string of the molecule is C[Si](C)(Cl)C(F)(F)CC(F)(F)F. The first-order valence-corrected chi connectivity index (χ1v) is 7.10. The topological polar surface area (TPSA) is 0 Å². The Bertz CT molecular complexity index is 158. The lowest BCUT2D eigenvalue weighted by molar-refractivity contribution is -0.169. The highest BCUT2D eigenvalue weighted by Gasteiger charge is 2.54. The first kappa shape index (κ1) is 12.2. The second-order valence-corrected chi connectivity index (χ2v) is 9.48. The second kappa shape index (κ2) is 3.14. The van der Waals surface area contributed by atoms with E-state index >= 15 is 0 Å². The molecule has 0 saturated carbocycles. The summed E-state index contributed by atoms with van der Waals surface area (Å²) >= 11 is 5.22. The minimum Gasteiger partial charge on any atom is -0.210 e. The maximum absolute atomic E-state index is 12.6. The maximum atomic E-state index is 12.6. The Balaban J connectivity index is 4.44. The molecule has 0 aromatic carbocycles. The Morgan fingerprint density at radius 1 is 1.08 bits per heavy atom. The summed E-state index contributed by atoms with van der Waals surface area (Å²) in [5.74, 6) is 0. The van der Waals surface area contributed by atoms with Crippen LogP contribution < -0.4 is 0 Å². The Morgan fingerprint density at radius 2 is 1.42 bits per heavy atom. The second-order valence-electron chi connectivity index (χ2n) is 2.97. The van der Waals surface area contributed by atoms with Gasteiger partial charge in [0.2, 0.25) is 7.38 Å². The largest absolute Gasteiger partial charge is 0.394 e. The van der Waals surface area contributed by atoms with Gasteiger partial charge in [0.05, 0.1) is 0 Å². The monoisotopic (exact) mass is 226 g/mol. The lowest BCUT2D eigenvalue weighted by Gasteiger charge is -2.26. The molecule has 0 aliphatic heterocycles. The van der Waals surface area contributed by atoms with E-state index in [1.807, 2.05) is 0 Å². The molecule has 0 aliphatic carbocycles. The number of rotatable bonds is 2. The van der Waals surface area contributed by atoms with E-state index in [9.17, 15) is 22.0 Å². The highest BCUT2D eigenvalue weighted by molar-refractivity contribution is 7.20. The van der Waals surface area contributed by atoms with Gasteiger partial charge < -0.3 is 0 Å². The number of alkyl halides is 5. The lowest BCUT2D eigenvalue weighted by Crippen LogP contribution is -2.45. The molecule has 0 heterocycles. The number of halogens is 6. The first-order valence-electron chi connectivity index (χ1n) is 3.09. The Hall–Kier alpha value is 0.157. The van der Waals surface area contributed by atoms with Crippen molar-refractivity contribution in [1.29, 1.82) is 0 Å². The van der Waals surface area contributed by atoms with Crippen molar-refractivity contribution < 1.29 is 22.0 Å². The average molecular weight is 227 g/mol. The molecule has 0 aliphatic rings. The highest BCUT2D eigenvalue weighted by atomic mass is 35.6. The van der Waals surface area contributed by atoms with Gasteiger partial charge in [0.1, 0.15) is 6.42 Å². The third-order valence-corrected chi connectivity index (χ3v) is 4.04. The summed E-state index contributed by atoms with van der Waals surface area (Å²) in [7, 11) is -3.58. The standard InChI is InChI=1S/C5H8ClF5Si/c1-12(2,6)5(10,11)3-4(7,8)9/h3H2,1-2H3. The summed E-state index contributed by atoms with van der Waals surface area (Å²) in [6.07, 6.45) is -6.98. The molecule has 0 nitrogen and oxygen atoms in total. The molecule has 12 heavy (non-hydrogen) atoms. The predicted molar refractivity (Wildman–Crippen MR) is 39.0 cm³/mol. The predicted octanol–water partition coefficient (Wildman–Crippen LogP) is 3.56. The molecule has 0 atom stereocenters. The van der Waals surface area contributed by atoms with Crippen LogP contribution in [-0.2, 0) is 0 Å². The number of hydrogen-bond acceptors (Lipinski definition) is 0. The van der Waals surface area contributed by atoms with E-state index in [0.717, 1.165) is 13.1 Å². The van der Waals surface area contributed by atoms with Crippen LogP contribution in [0.15, 0.2) is 0 Å². The Labute approximate surface area is 72.4 Å². The molecule has 0 aromatic rings. The van der Waals surface area contributed by atoms with E-state index in [2.05, 4.69) is 0 Å². The van der Waals surface area contributed by atoms with Gasteiger partial charge in [0.15, 0.2) is 0 Å². The molecule has 0 unspecified atom stereocenters. The van der Waals surface area contributed by atoms with Gasteiger partial charge in [-0.25, -0.2) is 8.78 Å². The summed E-state index contributed by atoms with van der Waals surface area (Å²) in [4.78, 5) is 0. The summed E-state index contributed by atoms with van der Waals surface area (Å²) in [6, 6.07) is 0. The van der Waals surface area contributed by atoms with Crippen LogP contribution in [-0.4, -0.2) is 19.1 Å². The van der Waals surface area contributed by atoms with E-state index < -0.39 is 25.5 Å². The van der Waals surface area contributed by atoms with Crippen molar-refractivity contribution in [3.8, 4) is 0 Å². The van der Waals surface area contributed by atoms with E-state index in [0.29, 0.717) is 0 Å². The molecule has 0 bridgehead atoms. The van der Waals surface area contributed by atoms with E-state index in [1.165, 1.54) is 0 Å². The van der Waals surface area contributed by atoms with Crippen molar-refractivity contribution in [1.82, 2.24) is 0 Å². The molecule has 0 fully saturated rings. The zero-order valence-corrected chi connectivity index (χ0v) is 8.23. The molecular weight excluding hydrogens is 219 g/mol. The van der Waals surface area contributed by atoms with Gasteiger partial charge in [0.25, 0.3) is 5.55 Å². The third kappa shape index (κ3) is 3.71. The van der Waals surface area contributed by atoms with Crippen LogP contribution in [0.25, 0.3) is 0 Å². The van der Waals surface area contributed by atoms with Gasteiger partial charge in [-0.2, -0.15) is 24.3 Å². The van der Waals surface area contributed by atoms with Crippen LogP contribution in [0.1, 0.15) is 6.42 Å². The van der Waals surface area contributed by atoms with Crippen LogP contribution in [0.3, 0.4) is 0 Å². The van der Waals surface area contributed by atoms with Gasteiger partial charge in [-0.15, -0.1) is 0 Å². The fraction of sp³-hybridized carbons (Fsp3) is 1.00. The first-order chi connectivity index (χ1) is 4.96. The Kier molecular flexibility index (Phi) is 3.18. The highest BCUT2D eigenvalue weighted by Crippen LogP contribution is 2.39. The average Bonchev–Trinajstić information content (AvgIpc) is 1.52. The molecular formula is C5H8ClF5Si. The van der Waals surface area contributed by atoms with Gasteiger partial charge in [0, 0.05) is 0 Å². The van der Waals surface area contributed by atoms with Crippen LogP contribution in [0.2, 0.25) is 13.1 Å². The van der Waals surface area contributed by atoms with Crippen LogP contribution in [0.5, 0.6) is 0 Å². The zero-order chi connectivity index (χ0) is 10.2. The smallest absolute Gasteiger partial charge is 0.210 e. The quantitative estimate of drug-likeness (QED) is 0.384. The fourth-order valence-electron chi connectivity index (χ4n) is 0.462. The Morgan fingerprint density at radius 3 is 1.50 bits per heavy atom. The molecule has 0 radical (unpaired) electrons. The van der Waals surface area contributed by atoms with E-state index in [1.54, 1.807) is 0 Å². The summed E-state index contributed by atoms with van der Waals surface area (Å²) in [5.41, 5.74) is -3.80. The minimum absolute atomic E-state index is 0.986. The van der Waals surface area contributed by atoms with Crippen LogP contribution in [0, 0.1) is 0 Å². The zero-order valence-electron chi connectivity index (χ0n) is 6.47. The van der Waals surface area contributed by atoms with Crippen molar-refractivity contribution >= 4 is 18.5 Å². The molecule has 0 aromatic heterocycles. The van der Waals surface area contributed by atoms with Gasteiger partial charge in [-0.05, 0) is 0 Å². The minimum atomic E-state index is -4.86. The summed E-state index contributed by atoms with van der Waals surface area (Å²) in [5, 5.41) is 0. The molecule has 0 N–H and O–H groups in total. The van der Waals surface area contributed by atoms with Crippen molar-refractivity contribution in [2.75, 3.05) is 0 Å². The third-order valence-electron chi connectivity index (χ3n) is 1.29. The molecule has 0 spiro atoms. The van der Waals surface area contributed by atoms with Crippen LogP contribution in [0.4, 0.5) is 22.0 Å². The summed E-state index contributed by atoms with van der Waals surface area (Å²) in [6.45, 7) is 1.97.